The SMILES string of the molecule is COC(=O)[C@H]1CC[C@H](NC(=O)C2CCN(c3ccc(C#N)cc3)CC2)CC1. The van der Waals surface area contributed by atoms with E-state index in [4.69, 9.17) is 10.00 Å². The third kappa shape index (κ3) is 4.79. The van der Waals surface area contributed by atoms with E-state index < -0.39 is 0 Å². The molecule has 6 heteroatoms. The van der Waals surface area contributed by atoms with Crippen molar-refractivity contribution in [3.05, 3.63) is 29.8 Å². The summed E-state index contributed by atoms with van der Waals surface area (Å²) < 4.78 is 4.81. The molecule has 1 saturated heterocycles. The van der Waals surface area contributed by atoms with E-state index in [1.54, 1.807) is 0 Å². The molecule has 0 unspecified atom stereocenters. The van der Waals surface area contributed by atoms with Gasteiger partial charge in [-0.2, -0.15) is 5.26 Å². The van der Waals surface area contributed by atoms with Gasteiger partial charge in [-0.15, -0.1) is 0 Å². The first-order valence-electron chi connectivity index (χ1n) is 9.74. The normalized spacial score (nSPS) is 23.3. The lowest BCUT2D eigenvalue weighted by molar-refractivity contribution is -0.146. The third-order valence-corrected chi connectivity index (χ3v) is 5.84. The smallest absolute Gasteiger partial charge is 0.308 e. The second kappa shape index (κ2) is 8.90. The Balaban J connectivity index is 1.43. The molecule has 1 aliphatic carbocycles. The fraction of sp³-hybridized carbons (Fsp3) is 0.571. The first-order valence-corrected chi connectivity index (χ1v) is 9.74. The maximum absolute atomic E-state index is 12.6. The van der Waals surface area contributed by atoms with E-state index >= 15 is 0 Å². The fourth-order valence-corrected chi connectivity index (χ4v) is 4.11. The first kappa shape index (κ1) is 19.2. The number of anilines is 1. The zero-order valence-corrected chi connectivity index (χ0v) is 15.8. The molecule has 1 aliphatic heterocycles. The van der Waals surface area contributed by atoms with Gasteiger partial charge in [0, 0.05) is 30.7 Å². The Morgan fingerprint density at radius 3 is 2.22 bits per heavy atom. The number of nitrogens with zero attached hydrogens (tertiary/aromatic N) is 2. The molecule has 0 aromatic heterocycles. The number of rotatable bonds is 4. The van der Waals surface area contributed by atoms with Crippen LogP contribution in [0.1, 0.15) is 44.1 Å². The molecule has 144 valence electrons. The number of benzene rings is 1. The highest BCUT2D eigenvalue weighted by molar-refractivity contribution is 5.79. The summed E-state index contributed by atoms with van der Waals surface area (Å²) >= 11 is 0. The number of nitriles is 1. The predicted molar refractivity (Wildman–Crippen MR) is 102 cm³/mol. The molecule has 0 atom stereocenters. The molecular formula is C21H27N3O3. The maximum Gasteiger partial charge on any atom is 0.308 e. The second-order valence-electron chi connectivity index (χ2n) is 7.50. The van der Waals surface area contributed by atoms with Crippen molar-refractivity contribution in [1.82, 2.24) is 5.32 Å². The molecular weight excluding hydrogens is 342 g/mol. The quantitative estimate of drug-likeness (QED) is 0.825. The number of amides is 1. The van der Waals surface area contributed by atoms with Crippen LogP contribution in [0, 0.1) is 23.2 Å². The lowest BCUT2D eigenvalue weighted by Crippen LogP contribution is -2.45. The molecule has 1 heterocycles. The van der Waals surface area contributed by atoms with Crippen LogP contribution in [0.5, 0.6) is 0 Å². The Hall–Kier alpha value is -2.55. The Morgan fingerprint density at radius 1 is 1.04 bits per heavy atom. The maximum atomic E-state index is 12.6. The minimum Gasteiger partial charge on any atom is -0.469 e. The van der Waals surface area contributed by atoms with E-state index in [1.807, 2.05) is 24.3 Å². The van der Waals surface area contributed by atoms with Crippen LogP contribution < -0.4 is 10.2 Å². The van der Waals surface area contributed by atoms with Crippen LogP contribution in [-0.4, -0.2) is 38.1 Å². The van der Waals surface area contributed by atoms with Gasteiger partial charge >= 0.3 is 5.97 Å². The summed E-state index contributed by atoms with van der Waals surface area (Å²) in [5.74, 6) is 0.0581. The highest BCUT2D eigenvalue weighted by Crippen LogP contribution is 2.27. The zero-order valence-electron chi connectivity index (χ0n) is 15.8. The average Bonchev–Trinajstić information content (AvgIpc) is 2.74. The first-order chi connectivity index (χ1) is 13.1. The molecule has 1 aromatic carbocycles. The van der Waals surface area contributed by atoms with E-state index in [-0.39, 0.29) is 29.8 Å². The van der Waals surface area contributed by atoms with Crippen LogP contribution in [0.2, 0.25) is 0 Å². The van der Waals surface area contributed by atoms with Gasteiger partial charge in [0.25, 0.3) is 0 Å². The molecule has 27 heavy (non-hydrogen) atoms. The van der Waals surface area contributed by atoms with E-state index in [1.165, 1.54) is 7.11 Å². The van der Waals surface area contributed by atoms with Gasteiger partial charge in [0.05, 0.1) is 24.7 Å². The van der Waals surface area contributed by atoms with Crippen molar-refractivity contribution in [2.75, 3.05) is 25.1 Å². The van der Waals surface area contributed by atoms with Crippen LogP contribution in [0.3, 0.4) is 0 Å². The summed E-state index contributed by atoms with van der Waals surface area (Å²) in [7, 11) is 1.43. The predicted octanol–water partition coefficient (Wildman–Crippen LogP) is 2.62. The number of methoxy groups -OCH3 is 1. The van der Waals surface area contributed by atoms with Crippen LogP contribution in [0.4, 0.5) is 5.69 Å². The number of carbonyl (C=O) groups is 2. The van der Waals surface area contributed by atoms with E-state index in [0.29, 0.717) is 5.56 Å². The van der Waals surface area contributed by atoms with Crippen molar-refractivity contribution in [1.29, 1.82) is 5.26 Å². The van der Waals surface area contributed by atoms with Crippen molar-refractivity contribution in [2.24, 2.45) is 11.8 Å². The molecule has 0 bridgehead atoms. The van der Waals surface area contributed by atoms with E-state index in [2.05, 4.69) is 16.3 Å². The molecule has 1 amide bonds. The van der Waals surface area contributed by atoms with Crippen LogP contribution in [0.25, 0.3) is 0 Å². The number of esters is 1. The molecule has 3 rings (SSSR count). The highest BCUT2D eigenvalue weighted by Gasteiger charge is 2.30. The largest absolute Gasteiger partial charge is 0.469 e. The van der Waals surface area contributed by atoms with Crippen molar-refractivity contribution >= 4 is 17.6 Å². The molecule has 0 radical (unpaired) electrons. The summed E-state index contributed by atoms with van der Waals surface area (Å²) in [6.07, 6.45) is 4.93. The molecule has 1 saturated carbocycles. The van der Waals surface area contributed by atoms with Gasteiger partial charge in [-0.3, -0.25) is 9.59 Å². The monoisotopic (exact) mass is 369 g/mol. The fourth-order valence-electron chi connectivity index (χ4n) is 4.11. The Morgan fingerprint density at radius 2 is 1.67 bits per heavy atom. The number of nitrogens with one attached hydrogen (secondary N) is 1. The number of carbonyl (C=O) groups excluding carboxylic acids is 2. The lowest BCUT2D eigenvalue weighted by atomic mass is 9.85. The minimum absolute atomic E-state index is 0.0150. The minimum atomic E-state index is -0.130. The van der Waals surface area contributed by atoms with Gasteiger partial charge in [0.15, 0.2) is 0 Å². The standard InChI is InChI=1S/C21H27N3O3/c1-27-21(26)17-4-6-18(7-5-17)23-20(25)16-10-12-24(13-11-16)19-8-2-15(14-22)3-9-19/h2-3,8-9,16-18H,4-7,10-13H2,1H3,(H,23,25)/t17-,18-. The Bertz CT molecular complexity index is 694. The Labute approximate surface area is 160 Å². The summed E-state index contributed by atoms with van der Waals surface area (Å²) in [4.78, 5) is 26.5. The molecule has 1 N–H and O–H groups in total. The second-order valence-corrected chi connectivity index (χ2v) is 7.50. The van der Waals surface area contributed by atoms with E-state index in [9.17, 15) is 9.59 Å². The topological polar surface area (TPSA) is 82.4 Å². The van der Waals surface area contributed by atoms with Gasteiger partial charge in [-0.1, -0.05) is 0 Å². The van der Waals surface area contributed by atoms with E-state index in [0.717, 1.165) is 57.3 Å². The molecule has 2 fully saturated rings. The Kier molecular flexibility index (Phi) is 6.33. The van der Waals surface area contributed by atoms with Crippen molar-refractivity contribution in [3.8, 4) is 6.07 Å². The molecule has 1 aromatic rings. The lowest BCUT2D eigenvalue weighted by Gasteiger charge is -2.34. The van der Waals surface area contributed by atoms with Gasteiger partial charge in [-0.05, 0) is 62.8 Å². The summed E-state index contributed by atoms with van der Waals surface area (Å²) in [6.45, 7) is 1.69. The zero-order chi connectivity index (χ0) is 19.2. The number of ether oxygens (including phenoxy) is 1. The number of hydrogen-bond acceptors (Lipinski definition) is 5. The highest BCUT2D eigenvalue weighted by atomic mass is 16.5. The van der Waals surface area contributed by atoms with Gasteiger partial charge in [0.2, 0.25) is 5.91 Å². The average molecular weight is 369 g/mol. The molecule has 0 spiro atoms. The van der Waals surface area contributed by atoms with Gasteiger partial charge in [-0.25, -0.2) is 0 Å². The van der Waals surface area contributed by atoms with Crippen LogP contribution >= 0.6 is 0 Å². The summed E-state index contributed by atoms with van der Waals surface area (Å²) in [6, 6.07) is 9.91. The third-order valence-electron chi connectivity index (χ3n) is 5.84. The van der Waals surface area contributed by atoms with Gasteiger partial charge < -0.3 is 15.0 Å². The number of hydrogen-bond donors (Lipinski definition) is 1. The van der Waals surface area contributed by atoms with Crippen molar-refractivity contribution in [2.45, 2.75) is 44.6 Å². The summed E-state index contributed by atoms with van der Waals surface area (Å²) in [5, 5.41) is 12.1. The van der Waals surface area contributed by atoms with Crippen LogP contribution in [-0.2, 0) is 14.3 Å². The molecule has 6 nitrogen and oxygen atoms in total. The van der Waals surface area contributed by atoms with Crippen LogP contribution in [0.15, 0.2) is 24.3 Å². The van der Waals surface area contributed by atoms with Crippen molar-refractivity contribution < 1.29 is 14.3 Å². The van der Waals surface area contributed by atoms with Gasteiger partial charge in [0.1, 0.15) is 0 Å². The number of piperidine rings is 1. The van der Waals surface area contributed by atoms with Crippen molar-refractivity contribution in [3.63, 3.8) is 0 Å². The molecule has 2 aliphatic rings. The summed E-state index contributed by atoms with van der Waals surface area (Å²) in [5.41, 5.74) is 1.77.